The van der Waals surface area contributed by atoms with Crippen LogP contribution in [-0.2, 0) is 21.1 Å². The van der Waals surface area contributed by atoms with E-state index >= 15 is 0 Å². The third-order valence-electron chi connectivity index (χ3n) is 6.19. The van der Waals surface area contributed by atoms with Crippen LogP contribution < -0.4 is 4.74 Å². The molecule has 32 heavy (non-hydrogen) atoms. The second-order valence-electron chi connectivity index (χ2n) is 8.64. The van der Waals surface area contributed by atoms with E-state index in [2.05, 4.69) is 0 Å². The molecule has 3 aromatic rings. The maximum atomic E-state index is 11.9. The highest BCUT2D eigenvalue weighted by molar-refractivity contribution is 7.90. The lowest BCUT2D eigenvalue weighted by atomic mass is 9.96. The molecule has 6 heteroatoms. The van der Waals surface area contributed by atoms with E-state index in [-0.39, 0.29) is 6.42 Å². The number of rotatable bonds is 8. The van der Waals surface area contributed by atoms with Gasteiger partial charge in [-0.15, -0.1) is 0 Å². The van der Waals surface area contributed by atoms with E-state index in [1.807, 2.05) is 42.5 Å². The van der Waals surface area contributed by atoms with Gasteiger partial charge in [-0.05, 0) is 65.3 Å². The van der Waals surface area contributed by atoms with Crippen LogP contribution in [0.2, 0.25) is 0 Å². The Labute approximate surface area is 189 Å². The molecule has 0 radical (unpaired) electrons. The predicted molar refractivity (Wildman–Crippen MR) is 126 cm³/mol. The standard InChI is InChI=1S/C26H28O5S/c1-32(29,30)23-13-11-20-15-22(10-9-21(20)16-23)24-8-4-7-19(12-14-25(27)28)26(24)31-17-18-5-2-3-6-18/h4,7-11,13,15-16,18H,2-3,5-6,12,14,17H2,1H3,(H,27,28). The third-order valence-corrected chi connectivity index (χ3v) is 7.30. The first-order chi connectivity index (χ1) is 15.3. The van der Waals surface area contributed by atoms with Crippen molar-refractivity contribution in [2.24, 2.45) is 5.92 Å². The Morgan fingerprint density at radius 2 is 1.75 bits per heavy atom. The number of carbonyl (C=O) groups is 1. The number of hydrogen-bond acceptors (Lipinski definition) is 4. The molecule has 0 heterocycles. The Kier molecular flexibility index (Phi) is 6.51. The first-order valence-electron chi connectivity index (χ1n) is 11.0. The molecule has 0 amide bonds. The van der Waals surface area contributed by atoms with Crippen molar-refractivity contribution in [3.8, 4) is 16.9 Å². The molecule has 0 atom stereocenters. The van der Waals surface area contributed by atoms with Crippen LogP contribution in [0, 0.1) is 5.92 Å². The summed E-state index contributed by atoms with van der Waals surface area (Å²) in [4.78, 5) is 11.5. The van der Waals surface area contributed by atoms with Gasteiger partial charge >= 0.3 is 5.97 Å². The molecule has 4 rings (SSSR count). The molecular weight excluding hydrogens is 424 g/mol. The van der Waals surface area contributed by atoms with Gasteiger partial charge in [-0.2, -0.15) is 0 Å². The Bertz CT molecular complexity index is 1240. The van der Waals surface area contributed by atoms with Gasteiger partial charge in [-0.25, -0.2) is 8.42 Å². The zero-order valence-corrected chi connectivity index (χ0v) is 19.0. The zero-order valence-electron chi connectivity index (χ0n) is 18.2. The van der Waals surface area contributed by atoms with E-state index < -0.39 is 15.8 Å². The molecule has 0 spiro atoms. The molecule has 0 aliphatic heterocycles. The number of aliphatic carboxylic acids is 1. The zero-order chi connectivity index (χ0) is 22.7. The summed E-state index contributed by atoms with van der Waals surface area (Å²) in [6.45, 7) is 0.641. The first-order valence-corrected chi connectivity index (χ1v) is 12.9. The monoisotopic (exact) mass is 452 g/mol. The lowest BCUT2D eigenvalue weighted by Gasteiger charge is -2.19. The molecule has 168 valence electrons. The van der Waals surface area contributed by atoms with Crippen molar-refractivity contribution >= 4 is 26.6 Å². The second-order valence-corrected chi connectivity index (χ2v) is 10.7. The normalized spacial score (nSPS) is 14.7. The molecule has 0 saturated heterocycles. The highest BCUT2D eigenvalue weighted by Gasteiger charge is 2.19. The van der Waals surface area contributed by atoms with Gasteiger partial charge in [-0.3, -0.25) is 4.79 Å². The van der Waals surface area contributed by atoms with Crippen LogP contribution in [0.1, 0.15) is 37.7 Å². The van der Waals surface area contributed by atoms with Gasteiger partial charge < -0.3 is 9.84 Å². The summed E-state index contributed by atoms with van der Waals surface area (Å²) in [6.07, 6.45) is 6.49. The van der Waals surface area contributed by atoms with Gasteiger partial charge in [0, 0.05) is 18.2 Å². The van der Waals surface area contributed by atoms with Gasteiger partial charge in [0.25, 0.3) is 0 Å². The van der Waals surface area contributed by atoms with Gasteiger partial charge in [0.1, 0.15) is 5.75 Å². The number of carboxylic acids is 1. The fourth-order valence-corrected chi connectivity index (χ4v) is 5.08. The minimum absolute atomic E-state index is 0.0508. The van der Waals surface area contributed by atoms with E-state index in [1.165, 1.54) is 31.9 Å². The number of benzene rings is 3. The van der Waals surface area contributed by atoms with Crippen LogP contribution in [-0.4, -0.2) is 32.4 Å². The van der Waals surface area contributed by atoms with Crippen molar-refractivity contribution in [2.45, 2.75) is 43.4 Å². The van der Waals surface area contributed by atoms with Crippen molar-refractivity contribution < 1.29 is 23.1 Å². The van der Waals surface area contributed by atoms with Crippen molar-refractivity contribution in [3.63, 3.8) is 0 Å². The van der Waals surface area contributed by atoms with E-state index in [0.29, 0.717) is 23.8 Å². The smallest absolute Gasteiger partial charge is 0.303 e. The summed E-state index contributed by atoms with van der Waals surface area (Å²) in [7, 11) is -3.27. The molecule has 5 nitrogen and oxygen atoms in total. The number of aryl methyl sites for hydroxylation is 1. The average Bonchev–Trinajstić information content (AvgIpc) is 3.28. The molecule has 1 aliphatic carbocycles. The largest absolute Gasteiger partial charge is 0.492 e. The van der Waals surface area contributed by atoms with Gasteiger partial charge in [0.05, 0.1) is 11.5 Å². The Morgan fingerprint density at radius 3 is 2.47 bits per heavy atom. The summed E-state index contributed by atoms with van der Waals surface area (Å²) in [6, 6.07) is 16.9. The maximum Gasteiger partial charge on any atom is 0.303 e. The number of carboxylic acid groups (broad SMARTS) is 1. The Balaban J connectivity index is 1.72. The second kappa shape index (κ2) is 9.33. The maximum absolute atomic E-state index is 11.9. The van der Waals surface area contributed by atoms with Crippen LogP contribution in [0.5, 0.6) is 5.75 Å². The molecule has 1 N–H and O–H groups in total. The number of ether oxygens (including phenoxy) is 1. The quantitative estimate of drug-likeness (QED) is 0.488. The molecule has 0 aromatic heterocycles. The minimum atomic E-state index is -3.27. The number of para-hydroxylation sites is 1. The van der Waals surface area contributed by atoms with Crippen LogP contribution in [0.15, 0.2) is 59.5 Å². The molecule has 0 bridgehead atoms. The van der Waals surface area contributed by atoms with Crippen LogP contribution in [0.4, 0.5) is 0 Å². The highest BCUT2D eigenvalue weighted by atomic mass is 32.2. The van der Waals surface area contributed by atoms with E-state index in [1.54, 1.807) is 12.1 Å². The van der Waals surface area contributed by atoms with E-state index in [0.717, 1.165) is 33.2 Å². The van der Waals surface area contributed by atoms with Gasteiger partial charge in [-0.1, -0.05) is 49.2 Å². The molecule has 1 fully saturated rings. The van der Waals surface area contributed by atoms with Crippen molar-refractivity contribution in [1.29, 1.82) is 0 Å². The summed E-state index contributed by atoms with van der Waals surface area (Å²) in [5.41, 5.74) is 2.79. The van der Waals surface area contributed by atoms with Crippen LogP contribution in [0.3, 0.4) is 0 Å². The highest BCUT2D eigenvalue weighted by Crippen LogP contribution is 2.37. The van der Waals surface area contributed by atoms with E-state index in [9.17, 15) is 13.2 Å². The molecule has 0 unspecified atom stereocenters. The minimum Gasteiger partial charge on any atom is -0.492 e. The molecule has 3 aromatic carbocycles. The van der Waals surface area contributed by atoms with Crippen LogP contribution in [0.25, 0.3) is 21.9 Å². The topological polar surface area (TPSA) is 80.7 Å². The Hall–Kier alpha value is -2.86. The van der Waals surface area contributed by atoms with Gasteiger partial charge in [0.2, 0.25) is 0 Å². The van der Waals surface area contributed by atoms with Crippen molar-refractivity contribution in [1.82, 2.24) is 0 Å². The summed E-state index contributed by atoms with van der Waals surface area (Å²) in [5.74, 6) is 0.471. The lowest BCUT2D eigenvalue weighted by Crippen LogP contribution is -2.10. The van der Waals surface area contributed by atoms with Crippen LogP contribution >= 0.6 is 0 Å². The molecular formula is C26H28O5S. The van der Waals surface area contributed by atoms with E-state index in [4.69, 9.17) is 9.84 Å². The number of hydrogen-bond donors (Lipinski definition) is 1. The fourth-order valence-electron chi connectivity index (χ4n) is 4.42. The summed E-state index contributed by atoms with van der Waals surface area (Å²) >= 11 is 0. The van der Waals surface area contributed by atoms with Gasteiger partial charge in [0.15, 0.2) is 9.84 Å². The fraction of sp³-hybridized carbons (Fsp3) is 0.346. The average molecular weight is 453 g/mol. The first kappa shape index (κ1) is 22.3. The molecule has 1 saturated carbocycles. The number of fused-ring (bicyclic) bond motifs is 1. The summed E-state index contributed by atoms with van der Waals surface area (Å²) in [5, 5.41) is 11.0. The predicted octanol–water partition coefficient (Wildman–Crippen LogP) is 5.50. The van der Waals surface area contributed by atoms with Crippen molar-refractivity contribution in [2.75, 3.05) is 12.9 Å². The SMILES string of the molecule is CS(=O)(=O)c1ccc2cc(-c3cccc(CCC(=O)O)c3OCC3CCCC3)ccc2c1. The lowest BCUT2D eigenvalue weighted by molar-refractivity contribution is -0.136. The number of sulfone groups is 1. The molecule has 1 aliphatic rings. The Morgan fingerprint density at radius 1 is 1.03 bits per heavy atom. The summed E-state index contributed by atoms with van der Waals surface area (Å²) < 4.78 is 30.1. The third kappa shape index (κ3) is 5.13. The van der Waals surface area contributed by atoms with Crippen molar-refractivity contribution in [3.05, 3.63) is 60.2 Å².